The van der Waals surface area contributed by atoms with Crippen LogP contribution in [0, 0.1) is 12.7 Å². The Morgan fingerprint density at radius 3 is 2.63 bits per heavy atom. The van der Waals surface area contributed by atoms with Crippen molar-refractivity contribution in [2.45, 2.75) is 13.5 Å². The number of benzene rings is 2. The van der Waals surface area contributed by atoms with Crippen molar-refractivity contribution in [3.63, 3.8) is 0 Å². The maximum Gasteiger partial charge on any atom is 0.255 e. The molecule has 2 aromatic carbocycles. The summed E-state index contributed by atoms with van der Waals surface area (Å²) >= 11 is 0. The number of nitrogens with one attached hydrogen (secondary N) is 2. The minimum absolute atomic E-state index is 0.140. The first-order valence-electron chi connectivity index (χ1n) is 12.2. The summed E-state index contributed by atoms with van der Waals surface area (Å²) in [5, 5.41) is 8.37. The van der Waals surface area contributed by atoms with Crippen LogP contribution >= 0.6 is 0 Å². The number of halogens is 1. The monoisotopic (exact) mass is 512 g/mol. The van der Waals surface area contributed by atoms with E-state index in [0.29, 0.717) is 16.8 Å². The smallest absolute Gasteiger partial charge is 0.255 e. The van der Waals surface area contributed by atoms with Gasteiger partial charge in [0.2, 0.25) is 0 Å². The number of aryl methyl sites for hydroxylation is 2. The van der Waals surface area contributed by atoms with Gasteiger partial charge in [-0.25, -0.2) is 9.37 Å². The lowest BCUT2D eigenvalue weighted by atomic mass is 9.99. The number of fused-ring (bicyclic) bond motifs is 1. The van der Waals surface area contributed by atoms with Gasteiger partial charge in [0, 0.05) is 61.3 Å². The molecule has 194 valence electrons. The van der Waals surface area contributed by atoms with Gasteiger partial charge >= 0.3 is 0 Å². The Balaban J connectivity index is 1.58. The molecule has 5 aromatic rings. The summed E-state index contributed by atoms with van der Waals surface area (Å²) in [6.45, 7) is 2.23. The van der Waals surface area contributed by atoms with E-state index in [1.165, 1.54) is 11.0 Å². The second-order valence-electron chi connectivity index (χ2n) is 9.36. The minimum Gasteiger partial charge on any atom is -0.496 e. The van der Waals surface area contributed by atoms with Crippen molar-refractivity contribution in [3.8, 4) is 28.0 Å². The van der Waals surface area contributed by atoms with Gasteiger partial charge in [-0.1, -0.05) is 18.2 Å². The molecule has 0 aliphatic rings. The van der Waals surface area contributed by atoms with Gasteiger partial charge in [-0.15, -0.1) is 0 Å². The van der Waals surface area contributed by atoms with Crippen molar-refractivity contribution >= 4 is 22.6 Å². The molecule has 0 spiro atoms. The summed E-state index contributed by atoms with van der Waals surface area (Å²) in [6.07, 6.45) is 3.56. The number of nitrogens with zero attached hydrogens (tertiary/aromatic N) is 4. The highest BCUT2D eigenvalue weighted by Crippen LogP contribution is 2.37. The summed E-state index contributed by atoms with van der Waals surface area (Å²) < 4.78 is 22.9. The second kappa shape index (κ2) is 10.0. The molecule has 3 aromatic heterocycles. The Labute approximate surface area is 220 Å². The molecule has 0 aliphatic heterocycles. The lowest BCUT2D eigenvalue weighted by molar-refractivity contribution is 0.0828. The maximum absolute atomic E-state index is 15.6. The van der Waals surface area contributed by atoms with Crippen LogP contribution in [0.5, 0.6) is 5.75 Å². The van der Waals surface area contributed by atoms with E-state index in [1.54, 1.807) is 38.2 Å². The van der Waals surface area contributed by atoms with Crippen molar-refractivity contribution in [2.24, 2.45) is 7.05 Å². The lowest BCUT2D eigenvalue weighted by Crippen LogP contribution is -2.23. The number of carbonyl (C=O) groups excluding carboxylic acids is 1. The standard InChI is InChI=1S/C29H29FN6O2/c1-17-10-20(34-36(17)4)15-31-27-23(29(37)35(2)3)11-18(13-25(27)30)19-12-22-24(16-33-28(22)32-14-19)21-8-6-7-9-26(21)38-5/h6-14,16,31H,15H2,1-5H3,(H,32,33). The maximum atomic E-state index is 15.6. The molecule has 5 rings (SSSR count). The van der Waals surface area contributed by atoms with E-state index in [2.05, 4.69) is 20.4 Å². The van der Waals surface area contributed by atoms with Crippen molar-refractivity contribution < 1.29 is 13.9 Å². The number of ether oxygens (including phenoxy) is 1. The van der Waals surface area contributed by atoms with Crippen LogP contribution in [0.4, 0.5) is 10.1 Å². The molecule has 0 fully saturated rings. The molecule has 0 aliphatic carbocycles. The number of hydrogen-bond donors (Lipinski definition) is 2. The number of carbonyl (C=O) groups is 1. The SMILES string of the molecule is COc1ccccc1-c1c[nH]c2ncc(-c3cc(F)c(NCc4cc(C)n(C)n4)c(C(=O)N(C)C)c3)cc12. The van der Waals surface area contributed by atoms with Crippen LogP contribution in [0.1, 0.15) is 21.7 Å². The molecule has 0 bridgehead atoms. The van der Waals surface area contributed by atoms with Crippen molar-refractivity contribution in [3.05, 3.63) is 83.7 Å². The van der Waals surface area contributed by atoms with Gasteiger partial charge < -0.3 is 19.9 Å². The highest BCUT2D eigenvalue weighted by molar-refractivity contribution is 6.02. The van der Waals surface area contributed by atoms with Crippen LogP contribution in [-0.2, 0) is 13.6 Å². The van der Waals surface area contributed by atoms with E-state index in [-0.39, 0.29) is 23.7 Å². The third-order valence-electron chi connectivity index (χ3n) is 6.60. The van der Waals surface area contributed by atoms with E-state index < -0.39 is 5.82 Å². The molecular weight excluding hydrogens is 483 g/mol. The van der Waals surface area contributed by atoms with Crippen LogP contribution in [0.3, 0.4) is 0 Å². The number of rotatable bonds is 7. The fourth-order valence-corrected chi connectivity index (χ4v) is 4.51. The van der Waals surface area contributed by atoms with Crippen molar-refractivity contribution in [1.82, 2.24) is 24.6 Å². The van der Waals surface area contributed by atoms with Crippen LogP contribution in [0.2, 0.25) is 0 Å². The lowest BCUT2D eigenvalue weighted by Gasteiger charge is -2.17. The minimum atomic E-state index is -0.528. The van der Waals surface area contributed by atoms with Gasteiger partial charge in [0.25, 0.3) is 5.91 Å². The van der Waals surface area contributed by atoms with Gasteiger partial charge in [-0.3, -0.25) is 9.48 Å². The van der Waals surface area contributed by atoms with Crippen molar-refractivity contribution in [2.75, 3.05) is 26.5 Å². The zero-order valence-electron chi connectivity index (χ0n) is 22.0. The Kier molecular flexibility index (Phi) is 6.59. The van der Waals surface area contributed by atoms with Gasteiger partial charge in [0.15, 0.2) is 0 Å². The van der Waals surface area contributed by atoms with Gasteiger partial charge in [-0.05, 0) is 42.8 Å². The summed E-state index contributed by atoms with van der Waals surface area (Å²) in [5.41, 5.74) is 5.88. The predicted molar refractivity (Wildman–Crippen MR) is 147 cm³/mol. The first kappa shape index (κ1) is 25.0. The summed E-state index contributed by atoms with van der Waals surface area (Å²) in [4.78, 5) is 22.3. The molecule has 38 heavy (non-hydrogen) atoms. The molecule has 0 saturated carbocycles. The predicted octanol–water partition coefficient (Wildman–Crippen LogP) is 5.40. The molecule has 0 unspecified atom stereocenters. The fourth-order valence-electron chi connectivity index (χ4n) is 4.51. The van der Waals surface area contributed by atoms with Crippen LogP contribution < -0.4 is 10.1 Å². The van der Waals surface area contributed by atoms with E-state index in [0.717, 1.165) is 33.7 Å². The molecular formula is C29H29FN6O2. The molecule has 8 nitrogen and oxygen atoms in total. The summed E-state index contributed by atoms with van der Waals surface area (Å²) in [7, 11) is 6.77. The van der Waals surface area contributed by atoms with Gasteiger partial charge in [-0.2, -0.15) is 5.10 Å². The number of methoxy groups -OCH3 is 1. The number of aromatic nitrogens is 4. The number of H-pyrrole nitrogens is 1. The highest BCUT2D eigenvalue weighted by Gasteiger charge is 2.21. The zero-order chi connectivity index (χ0) is 27.0. The fraction of sp³-hybridized carbons (Fsp3) is 0.207. The van der Waals surface area contributed by atoms with Crippen LogP contribution in [-0.4, -0.2) is 51.8 Å². The van der Waals surface area contributed by atoms with Crippen molar-refractivity contribution in [1.29, 1.82) is 0 Å². The normalized spacial score (nSPS) is 11.1. The van der Waals surface area contributed by atoms with Gasteiger partial charge in [0.05, 0.1) is 30.6 Å². The first-order chi connectivity index (χ1) is 18.3. The number of para-hydroxylation sites is 1. The Hall–Kier alpha value is -4.66. The third kappa shape index (κ3) is 4.58. The zero-order valence-corrected chi connectivity index (χ0v) is 22.0. The number of amides is 1. The quantitative estimate of drug-likeness (QED) is 0.305. The average molecular weight is 513 g/mol. The Morgan fingerprint density at radius 2 is 1.92 bits per heavy atom. The Bertz CT molecular complexity index is 1630. The molecule has 9 heteroatoms. The van der Waals surface area contributed by atoms with Crippen LogP contribution in [0.15, 0.2) is 60.9 Å². The Morgan fingerprint density at radius 1 is 1.13 bits per heavy atom. The summed E-state index contributed by atoms with van der Waals surface area (Å²) in [5.74, 6) is -0.0995. The van der Waals surface area contributed by atoms with Crippen LogP contribution in [0.25, 0.3) is 33.3 Å². The molecule has 1 amide bonds. The third-order valence-corrected chi connectivity index (χ3v) is 6.60. The molecule has 3 heterocycles. The van der Waals surface area contributed by atoms with E-state index in [4.69, 9.17) is 4.74 Å². The second-order valence-corrected chi connectivity index (χ2v) is 9.36. The number of aromatic amines is 1. The number of pyridine rings is 1. The van der Waals surface area contributed by atoms with E-state index >= 15 is 4.39 Å². The molecule has 0 atom stereocenters. The van der Waals surface area contributed by atoms with E-state index in [9.17, 15) is 4.79 Å². The number of anilines is 1. The largest absolute Gasteiger partial charge is 0.496 e. The highest BCUT2D eigenvalue weighted by atomic mass is 19.1. The average Bonchev–Trinajstić information content (AvgIpc) is 3.48. The summed E-state index contributed by atoms with van der Waals surface area (Å²) in [6, 6.07) is 14.7. The molecule has 0 radical (unpaired) electrons. The van der Waals surface area contributed by atoms with Gasteiger partial charge in [0.1, 0.15) is 17.2 Å². The number of hydrogen-bond acceptors (Lipinski definition) is 5. The first-order valence-corrected chi connectivity index (χ1v) is 12.2. The molecule has 0 saturated heterocycles. The molecule has 2 N–H and O–H groups in total. The van der Waals surface area contributed by atoms with E-state index in [1.807, 2.05) is 56.6 Å². The topological polar surface area (TPSA) is 88.1 Å².